The highest BCUT2D eigenvalue weighted by molar-refractivity contribution is 6.39. The summed E-state index contributed by atoms with van der Waals surface area (Å²) in [7, 11) is 0. The highest BCUT2D eigenvalue weighted by atomic mass is 19.1. The first-order valence-corrected chi connectivity index (χ1v) is 7.33. The van der Waals surface area contributed by atoms with Crippen LogP contribution in [-0.4, -0.2) is 51.2 Å². The summed E-state index contributed by atoms with van der Waals surface area (Å²) in [6.45, 7) is 6.06. The number of hydrogen-bond donors (Lipinski definition) is 3. The zero-order valence-electron chi connectivity index (χ0n) is 12.6. The van der Waals surface area contributed by atoms with E-state index < -0.39 is 17.6 Å². The van der Waals surface area contributed by atoms with Crippen LogP contribution in [0.15, 0.2) is 18.2 Å². The lowest BCUT2D eigenvalue weighted by atomic mass is 10.2. The molecule has 1 saturated heterocycles. The van der Waals surface area contributed by atoms with Gasteiger partial charge in [0, 0.05) is 5.69 Å². The van der Waals surface area contributed by atoms with Crippen molar-refractivity contribution >= 4 is 17.5 Å². The van der Waals surface area contributed by atoms with Crippen molar-refractivity contribution in [2.45, 2.75) is 6.92 Å². The van der Waals surface area contributed by atoms with Gasteiger partial charge in [0.25, 0.3) is 0 Å². The molecule has 1 aliphatic rings. The fraction of sp³-hybridized carbons (Fsp3) is 0.467. The number of aryl methyl sites for hydroxylation is 1. The van der Waals surface area contributed by atoms with E-state index in [-0.39, 0.29) is 5.69 Å². The quantitative estimate of drug-likeness (QED) is 0.632. The Morgan fingerprint density at radius 2 is 2.00 bits per heavy atom. The van der Waals surface area contributed by atoms with E-state index >= 15 is 0 Å². The van der Waals surface area contributed by atoms with Crippen molar-refractivity contribution in [3.8, 4) is 0 Å². The van der Waals surface area contributed by atoms with Gasteiger partial charge in [0.05, 0.1) is 26.3 Å². The smallest absolute Gasteiger partial charge is 0.313 e. The van der Waals surface area contributed by atoms with Crippen LogP contribution in [0.5, 0.6) is 0 Å². The molecule has 0 aromatic heterocycles. The molecule has 1 aliphatic heterocycles. The predicted molar refractivity (Wildman–Crippen MR) is 79.2 cm³/mol. The maximum Gasteiger partial charge on any atom is 0.313 e. The molecule has 120 valence electrons. The molecule has 1 fully saturated rings. The highest BCUT2D eigenvalue weighted by Crippen LogP contribution is 2.13. The van der Waals surface area contributed by atoms with Gasteiger partial charge in [0.15, 0.2) is 0 Å². The summed E-state index contributed by atoms with van der Waals surface area (Å²) >= 11 is 0. The lowest BCUT2D eigenvalue weighted by Gasteiger charge is -2.23. The minimum absolute atomic E-state index is 0.266. The van der Waals surface area contributed by atoms with E-state index in [9.17, 15) is 14.0 Å². The molecule has 1 heterocycles. The lowest BCUT2D eigenvalue weighted by Crippen LogP contribution is -3.14. The van der Waals surface area contributed by atoms with Crippen molar-refractivity contribution in [3.63, 3.8) is 0 Å². The molecule has 0 bridgehead atoms. The Balaban J connectivity index is 1.74. The van der Waals surface area contributed by atoms with Crippen LogP contribution in [0.3, 0.4) is 0 Å². The summed E-state index contributed by atoms with van der Waals surface area (Å²) in [6, 6.07) is 4.30. The first-order chi connectivity index (χ1) is 10.6. The van der Waals surface area contributed by atoms with Gasteiger partial charge in [-0.1, -0.05) is 6.07 Å². The molecule has 0 aliphatic carbocycles. The molecule has 22 heavy (non-hydrogen) atoms. The number of anilines is 1. The van der Waals surface area contributed by atoms with E-state index in [0.717, 1.165) is 32.8 Å². The standard InChI is InChI=1S/C15H20FN3O3/c1-11-2-3-12(10-13(11)16)18-15(21)14(20)17-4-5-19-6-8-22-9-7-19/h2-3,10H,4-9H2,1H3,(H,17,20)(H,18,21)/p+1. The Kier molecular flexibility index (Phi) is 5.85. The number of morpholine rings is 1. The van der Waals surface area contributed by atoms with Gasteiger partial charge in [0.1, 0.15) is 18.9 Å². The molecule has 0 saturated carbocycles. The third-order valence-electron chi connectivity index (χ3n) is 3.60. The van der Waals surface area contributed by atoms with Crippen LogP contribution in [0.25, 0.3) is 0 Å². The summed E-state index contributed by atoms with van der Waals surface area (Å²) in [4.78, 5) is 24.7. The van der Waals surface area contributed by atoms with Crippen LogP contribution < -0.4 is 15.5 Å². The van der Waals surface area contributed by atoms with E-state index in [1.54, 1.807) is 19.1 Å². The number of hydrogen-bond acceptors (Lipinski definition) is 3. The molecule has 1 aromatic rings. The van der Waals surface area contributed by atoms with Crippen LogP contribution in [-0.2, 0) is 14.3 Å². The fourth-order valence-electron chi connectivity index (χ4n) is 2.20. The number of benzene rings is 1. The van der Waals surface area contributed by atoms with Crippen molar-refractivity contribution in [2.24, 2.45) is 0 Å². The minimum atomic E-state index is -0.791. The number of halogens is 1. The summed E-state index contributed by atoms with van der Waals surface area (Å²) in [5.41, 5.74) is 0.748. The second-order valence-electron chi connectivity index (χ2n) is 5.29. The molecular formula is C15H21FN3O3+. The largest absolute Gasteiger partial charge is 0.370 e. The van der Waals surface area contributed by atoms with E-state index in [1.165, 1.54) is 11.0 Å². The van der Waals surface area contributed by atoms with Gasteiger partial charge in [-0.05, 0) is 24.6 Å². The van der Waals surface area contributed by atoms with Crippen LogP contribution >= 0.6 is 0 Å². The van der Waals surface area contributed by atoms with Crippen molar-refractivity contribution in [3.05, 3.63) is 29.6 Å². The monoisotopic (exact) mass is 310 g/mol. The Morgan fingerprint density at radius 3 is 2.68 bits per heavy atom. The maximum atomic E-state index is 13.4. The van der Waals surface area contributed by atoms with Crippen molar-refractivity contribution in [1.29, 1.82) is 0 Å². The van der Waals surface area contributed by atoms with Crippen LogP contribution in [0.2, 0.25) is 0 Å². The number of quaternary nitrogens is 1. The van der Waals surface area contributed by atoms with Crippen LogP contribution in [0, 0.1) is 12.7 Å². The minimum Gasteiger partial charge on any atom is -0.370 e. The third kappa shape index (κ3) is 4.78. The molecule has 0 radical (unpaired) electrons. The topological polar surface area (TPSA) is 71.9 Å². The zero-order chi connectivity index (χ0) is 15.9. The molecule has 0 atom stereocenters. The van der Waals surface area contributed by atoms with Gasteiger partial charge in [-0.3, -0.25) is 9.59 Å². The van der Waals surface area contributed by atoms with E-state index in [4.69, 9.17) is 4.74 Å². The van der Waals surface area contributed by atoms with Gasteiger partial charge in [-0.15, -0.1) is 0 Å². The average Bonchev–Trinajstić information content (AvgIpc) is 2.52. The molecule has 0 spiro atoms. The Bertz CT molecular complexity index is 545. The lowest BCUT2D eigenvalue weighted by molar-refractivity contribution is -0.906. The third-order valence-corrected chi connectivity index (χ3v) is 3.60. The van der Waals surface area contributed by atoms with Gasteiger partial charge in [0.2, 0.25) is 0 Å². The van der Waals surface area contributed by atoms with Gasteiger partial charge in [-0.25, -0.2) is 4.39 Å². The number of amides is 2. The highest BCUT2D eigenvalue weighted by Gasteiger charge is 2.16. The predicted octanol–water partition coefficient (Wildman–Crippen LogP) is -0.896. The van der Waals surface area contributed by atoms with E-state index in [1.807, 2.05) is 0 Å². The van der Waals surface area contributed by atoms with E-state index in [2.05, 4.69) is 10.6 Å². The summed E-state index contributed by atoms with van der Waals surface area (Å²) in [6.07, 6.45) is 0. The van der Waals surface area contributed by atoms with Crippen molar-refractivity contribution < 1.29 is 23.6 Å². The van der Waals surface area contributed by atoms with Crippen molar-refractivity contribution in [2.75, 3.05) is 44.7 Å². The first-order valence-electron chi connectivity index (χ1n) is 7.33. The van der Waals surface area contributed by atoms with E-state index in [0.29, 0.717) is 12.1 Å². The number of rotatable bonds is 4. The Labute approximate surface area is 128 Å². The molecule has 0 unspecified atom stereocenters. The SMILES string of the molecule is Cc1ccc(NC(=O)C(=O)NCC[NH+]2CCOCC2)cc1F. The van der Waals surface area contributed by atoms with Crippen molar-refractivity contribution in [1.82, 2.24) is 5.32 Å². The normalized spacial score (nSPS) is 15.4. The molecule has 2 amide bonds. The zero-order valence-corrected chi connectivity index (χ0v) is 12.6. The fourth-order valence-corrected chi connectivity index (χ4v) is 2.20. The molecule has 2 rings (SSSR count). The van der Waals surface area contributed by atoms with Gasteiger partial charge < -0.3 is 20.3 Å². The molecular weight excluding hydrogens is 289 g/mol. The Hall–Kier alpha value is -1.99. The van der Waals surface area contributed by atoms with Crippen LogP contribution in [0.4, 0.5) is 10.1 Å². The molecule has 1 aromatic carbocycles. The van der Waals surface area contributed by atoms with Crippen LogP contribution in [0.1, 0.15) is 5.56 Å². The first kappa shape index (κ1) is 16.4. The van der Waals surface area contributed by atoms with Gasteiger partial charge in [-0.2, -0.15) is 0 Å². The maximum absolute atomic E-state index is 13.4. The Morgan fingerprint density at radius 1 is 1.27 bits per heavy atom. The second-order valence-corrected chi connectivity index (χ2v) is 5.29. The molecule has 3 N–H and O–H groups in total. The molecule has 7 heteroatoms. The van der Waals surface area contributed by atoms with Gasteiger partial charge >= 0.3 is 11.8 Å². The number of carbonyl (C=O) groups excluding carboxylic acids is 2. The second kappa shape index (κ2) is 7.86. The average molecular weight is 310 g/mol. The molecule has 6 nitrogen and oxygen atoms in total. The summed E-state index contributed by atoms with van der Waals surface area (Å²) < 4.78 is 18.6. The number of ether oxygens (including phenoxy) is 1. The number of carbonyl (C=O) groups is 2. The summed E-state index contributed by atoms with van der Waals surface area (Å²) in [5.74, 6) is -1.93. The summed E-state index contributed by atoms with van der Waals surface area (Å²) in [5, 5.41) is 4.95. The number of nitrogens with one attached hydrogen (secondary N) is 3.